The average Bonchev–Trinajstić information content (AvgIpc) is 2.73. The van der Waals surface area contributed by atoms with E-state index < -0.39 is 10.0 Å². The Labute approximate surface area is 178 Å². The second kappa shape index (κ2) is 10.2. The van der Waals surface area contributed by atoms with Crippen LogP contribution < -0.4 is 10.6 Å². The third kappa shape index (κ3) is 6.04. The Morgan fingerprint density at radius 3 is 1.73 bits per heavy atom. The predicted molar refractivity (Wildman–Crippen MR) is 119 cm³/mol. The molecule has 2 aromatic carbocycles. The van der Waals surface area contributed by atoms with Crippen molar-refractivity contribution >= 4 is 21.9 Å². The predicted octanol–water partition coefficient (Wildman–Crippen LogP) is 1.50. The number of nitrogens with zero attached hydrogens (tertiary/aromatic N) is 3. The van der Waals surface area contributed by atoms with Crippen LogP contribution in [0.5, 0.6) is 0 Å². The number of guanidine groups is 1. The minimum Gasteiger partial charge on any atom is -0.352 e. The normalized spacial score (nSPS) is 12.0. The number of carbonyl (C=O) groups excluding carboxylic acids is 1. The Kier molecular flexibility index (Phi) is 7.96. The van der Waals surface area contributed by atoms with Gasteiger partial charge in [0.1, 0.15) is 0 Å². The number of sulfonamides is 1. The van der Waals surface area contributed by atoms with E-state index in [1.807, 2.05) is 12.1 Å². The molecule has 0 atom stereocenters. The van der Waals surface area contributed by atoms with Crippen molar-refractivity contribution in [3.63, 3.8) is 0 Å². The minimum absolute atomic E-state index is 0.0311. The molecule has 1 amide bonds. The van der Waals surface area contributed by atoms with Crippen molar-refractivity contribution in [3.05, 3.63) is 65.2 Å². The number of hydrogen-bond donors (Lipinski definition) is 2. The summed E-state index contributed by atoms with van der Waals surface area (Å²) in [5.41, 5.74) is 2.60. The van der Waals surface area contributed by atoms with Crippen LogP contribution in [0.25, 0.3) is 0 Å². The van der Waals surface area contributed by atoms with Gasteiger partial charge >= 0.3 is 0 Å². The highest BCUT2D eigenvalue weighted by Crippen LogP contribution is 2.14. The lowest BCUT2D eigenvalue weighted by molar-refractivity contribution is 0.0827. The van der Waals surface area contributed by atoms with Gasteiger partial charge in [-0.2, -0.15) is 0 Å². The lowest BCUT2D eigenvalue weighted by Crippen LogP contribution is -2.36. The molecule has 0 heterocycles. The zero-order valence-corrected chi connectivity index (χ0v) is 18.8. The molecule has 0 bridgehead atoms. The summed E-state index contributed by atoms with van der Waals surface area (Å²) >= 11 is 0. The molecule has 8 nitrogen and oxygen atoms in total. The number of carbonyl (C=O) groups is 1. The maximum Gasteiger partial charge on any atom is 0.253 e. The highest BCUT2D eigenvalue weighted by molar-refractivity contribution is 7.89. The molecule has 0 aliphatic rings. The molecule has 2 N–H and O–H groups in total. The smallest absolute Gasteiger partial charge is 0.253 e. The van der Waals surface area contributed by atoms with Gasteiger partial charge in [0.15, 0.2) is 5.96 Å². The van der Waals surface area contributed by atoms with E-state index in [0.29, 0.717) is 24.6 Å². The number of benzene rings is 2. The van der Waals surface area contributed by atoms with Crippen molar-refractivity contribution < 1.29 is 13.2 Å². The maximum absolute atomic E-state index is 12.1. The van der Waals surface area contributed by atoms with E-state index in [2.05, 4.69) is 15.6 Å². The topological polar surface area (TPSA) is 94.1 Å². The molecule has 0 saturated heterocycles. The third-order valence-electron chi connectivity index (χ3n) is 4.45. The molecule has 0 radical (unpaired) electrons. The number of hydrogen-bond acceptors (Lipinski definition) is 4. The summed E-state index contributed by atoms with van der Waals surface area (Å²) in [5, 5.41) is 6.42. The van der Waals surface area contributed by atoms with Crippen LogP contribution in [0.15, 0.2) is 58.4 Å². The van der Waals surface area contributed by atoms with Gasteiger partial charge in [-0.15, -0.1) is 0 Å². The first-order valence-corrected chi connectivity index (χ1v) is 10.9. The fourth-order valence-corrected chi connectivity index (χ4v) is 3.51. The summed E-state index contributed by atoms with van der Waals surface area (Å²) in [7, 11) is 4.72. The molecule has 0 unspecified atom stereocenters. The summed E-state index contributed by atoms with van der Waals surface area (Å²) in [6, 6.07) is 14.2. The van der Waals surface area contributed by atoms with Crippen molar-refractivity contribution in [1.82, 2.24) is 19.8 Å². The lowest BCUT2D eigenvalue weighted by Gasteiger charge is -2.14. The van der Waals surface area contributed by atoms with Gasteiger partial charge in [-0.05, 0) is 35.4 Å². The van der Waals surface area contributed by atoms with E-state index in [1.54, 1.807) is 62.4 Å². The number of aliphatic imine (C=N–C) groups is 1. The number of amides is 1. The molecule has 0 aliphatic heterocycles. The van der Waals surface area contributed by atoms with Crippen LogP contribution in [-0.4, -0.2) is 64.7 Å². The van der Waals surface area contributed by atoms with Gasteiger partial charge < -0.3 is 15.5 Å². The third-order valence-corrected chi connectivity index (χ3v) is 6.28. The molecule has 9 heteroatoms. The van der Waals surface area contributed by atoms with Crippen LogP contribution in [0.3, 0.4) is 0 Å². The Morgan fingerprint density at radius 1 is 0.867 bits per heavy atom. The molecule has 0 fully saturated rings. The SMILES string of the molecule is CN=C(NCc1ccc(C(=O)N(C)C)cc1)NCc1ccc(S(=O)(=O)N(C)C)cc1. The summed E-state index contributed by atoms with van der Waals surface area (Å²) < 4.78 is 25.4. The molecule has 0 aromatic heterocycles. The molecule has 2 aromatic rings. The minimum atomic E-state index is -3.43. The van der Waals surface area contributed by atoms with Gasteiger partial charge in [0.2, 0.25) is 10.0 Å². The van der Waals surface area contributed by atoms with Gasteiger partial charge in [0.25, 0.3) is 5.91 Å². The monoisotopic (exact) mass is 431 g/mol. The van der Waals surface area contributed by atoms with Gasteiger partial charge in [-0.25, -0.2) is 12.7 Å². The van der Waals surface area contributed by atoms with Crippen LogP contribution in [0, 0.1) is 0 Å². The van der Waals surface area contributed by atoms with Crippen molar-refractivity contribution in [3.8, 4) is 0 Å². The Balaban J connectivity index is 1.90. The molecule has 2 rings (SSSR count). The van der Waals surface area contributed by atoms with Crippen LogP contribution in [0.4, 0.5) is 0 Å². The molecular weight excluding hydrogens is 402 g/mol. The highest BCUT2D eigenvalue weighted by Gasteiger charge is 2.16. The van der Waals surface area contributed by atoms with Crippen LogP contribution in [0.2, 0.25) is 0 Å². The first kappa shape index (κ1) is 23.4. The number of rotatable bonds is 7. The van der Waals surface area contributed by atoms with Gasteiger partial charge in [-0.1, -0.05) is 24.3 Å². The average molecular weight is 432 g/mol. The summed E-state index contributed by atoms with van der Waals surface area (Å²) in [6.07, 6.45) is 0. The largest absolute Gasteiger partial charge is 0.352 e. The Bertz CT molecular complexity index is 982. The van der Waals surface area contributed by atoms with Crippen LogP contribution in [0.1, 0.15) is 21.5 Å². The van der Waals surface area contributed by atoms with E-state index in [1.165, 1.54) is 18.4 Å². The molecule has 162 valence electrons. The molecule has 0 saturated carbocycles. The van der Waals surface area contributed by atoms with E-state index in [0.717, 1.165) is 11.1 Å². The zero-order valence-electron chi connectivity index (χ0n) is 18.0. The zero-order chi connectivity index (χ0) is 22.3. The van der Waals surface area contributed by atoms with Crippen molar-refractivity contribution in [2.24, 2.45) is 4.99 Å². The number of nitrogens with one attached hydrogen (secondary N) is 2. The van der Waals surface area contributed by atoms with E-state index in [-0.39, 0.29) is 10.8 Å². The fourth-order valence-electron chi connectivity index (χ4n) is 2.61. The molecule has 30 heavy (non-hydrogen) atoms. The molecular formula is C21H29N5O3S. The quantitative estimate of drug-likeness (QED) is 0.512. The van der Waals surface area contributed by atoms with Gasteiger partial charge in [0.05, 0.1) is 4.90 Å². The van der Waals surface area contributed by atoms with Crippen molar-refractivity contribution in [2.45, 2.75) is 18.0 Å². The highest BCUT2D eigenvalue weighted by atomic mass is 32.2. The van der Waals surface area contributed by atoms with E-state index in [9.17, 15) is 13.2 Å². The van der Waals surface area contributed by atoms with E-state index >= 15 is 0 Å². The van der Waals surface area contributed by atoms with Crippen molar-refractivity contribution in [2.75, 3.05) is 35.2 Å². The summed E-state index contributed by atoms with van der Waals surface area (Å²) in [4.78, 5) is 17.9. The summed E-state index contributed by atoms with van der Waals surface area (Å²) in [6.45, 7) is 1.05. The Hall–Kier alpha value is -2.91. The van der Waals surface area contributed by atoms with E-state index in [4.69, 9.17) is 0 Å². The second-order valence-corrected chi connectivity index (χ2v) is 9.26. The fraction of sp³-hybridized carbons (Fsp3) is 0.333. The standard InChI is InChI=1S/C21H29N5O3S/c1-22-21(23-14-16-6-10-18(11-7-16)20(27)25(2)3)24-15-17-8-12-19(13-9-17)30(28,29)26(4)5/h6-13H,14-15H2,1-5H3,(H2,22,23,24). The first-order valence-electron chi connectivity index (χ1n) is 9.41. The molecule has 0 aliphatic carbocycles. The van der Waals surface area contributed by atoms with Crippen LogP contribution >= 0.6 is 0 Å². The van der Waals surface area contributed by atoms with Crippen LogP contribution in [-0.2, 0) is 23.1 Å². The maximum atomic E-state index is 12.1. The lowest BCUT2D eigenvalue weighted by atomic mass is 10.1. The first-order chi connectivity index (χ1) is 14.1. The van der Waals surface area contributed by atoms with Gasteiger partial charge in [-0.3, -0.25) is 9.79 Å². The second-order valence-electron chi connectivity index (χ2n) is 7.11. The van der Waals surface area contributed by atoms with Gasteiger partial charge in [0, 0.05) is 53.9 Å². The van der Waals surface area contributed by atoms with Crippen molar-refractivity contribution in [1.29, 1.82) is 0 Å². The molecule has 0 spiro atoms. The summed E-state index contributed by atoms with van der Waals surface area (Å²) in [5.74, 6) is 0.588. The Morgan fingerprint density at radius 2 is 1.33 bits per heavy atom.